The van der Waals surface area contributed by atoms with Crippen molar-refractivity contribution in [2.24, 2.45) is 0 Å². The number of hydrogen-bond acceptors (Lipinski definition) is 1. The Morgan fingerprint density at radius 3 is 2.60 bits per heavy atom. The molecule has 0 amide bonds. The highest BCUT2D eigenvalue weighted by Crippen LogP contribution is 1.72. The summed E-state index contributed by atoms with van der Waals surface area (Å²) >= 11 is 0. The van der Waals surface area contributed by atoms with Gasteiger partial charge in [-0.25, -0.2) is 0 Å². The van der Waals surface area contributed by atoms with Gasteiger partial charge < -0.3 is 0 Å². The lowest BCUT2D eigenvalue weighted by atomic mass is 10.8. The van der Waals surface area contributed by atoms with Gasteiger partial charge in [-0.2, -0.15) is 0 Å². The summed E-state index contributed by atoms with van der Waals surface area (Å²) in [6, 6.07) is 0. The van der Waals surface area contributed by atoms with Crippen molar-refractivity contribution in [3.63, 3.8) is 0 Å². The minimum absolute atomic E-state index is 1.02. The molecule has 0 aliphatic carbocycles. The van der Waals surface area contributed by atoms with Crippen molar-refractivity contribution in [3.8, 4) is 0 Å². The van der Waals surface area contributed by atoms with Gasteiger partial charge in [-0.15, -0.1) is 0 Å². The van der Waals surface area contributed by atoms with Crippen LogP contribution in [0, 0.1) is 0 Å². The summed E-state index contributed by atoms with van der Waals surface area (Å²) in [6.07, 6.45) is 3.54. The van der Waals surface area contributed by atoms with Crippen molar-refractivity contribution >= 4 is 14.7 Å². The molecule has 0 bridgehead atoms. The fourth-order valence-electron chi connectivity index (χ4n) is 0.112. The van der Waals surface area contributed by atoms with Gasteiger partial charge in [0, 0.05) is 6.54 Å². The molecule has 0 aliphatic heterocycles. The van der Waals surface area contributed by atoms with Crippen LogP contribution in [0.3, 0.4) is 0 Å². The lowest BCUT2D eigenvalue weighted by Crippen LogP contribution is -1.92. The molecular weight excluding hydrogens is 81.0 g/mol. The molecule has 0 aromatic rings. The largest absolute Gasteiger partial charge is 0.272 e. The fraction of sp³-hybridized carbons (Fsp3) is 0.667. The summed E-state index contributed by atoms with van der Waals surface area (Å²) < 4.78 is 0. The second kappa shape index (κ2) is 4.13. The fourth-order valence-corrected chi connectivity index (χ4v) is 0.335. The van der Waals surface area contributed by atoms with Gasteiger partial charge in [0.1, 0.15) is 0 Å². The van der Waals surface area contributed by atoms with E-state index in [0.29, 0.717) is 0 Å². The third kappa shape index (κ3) is 4.13. The van der Waals surface area contributed by atoms with E-state index >= 15 is 0 Å². The van der Waals surface area contributed by atoms with Crippen molar-refractivity contribution in [2.75, 3.05) is 6.54 Å². The van der Waals surface area contributed by atoms with E-state index in [4.69, 9.17) is 0 Å². The summed E-state index contributed by atoms with van der Waals surface area (Å²) in [5, 5.41) is 2.97. The van der Waals surface area contributed by atoms with Gasteiger partial charge in [0.15, 0.2) is 0 Å². The first kappa shape index (κ1) is 5.13. The predicted molar refractivity (Wildman–Crippen MR) is 27.7 cm³/mol. The Labute approximate surface area is 34.2 Å². The molecule has 0 rings (SSSR count). The smallest absolute Gasteiger partial charge is 0.000704 e. The van der Waals surface area contributed by atoms with Crippen molar-refractivity contribution in [1.29, 1.82) is 0 Å². The molecule has 5 heavy (non-hydrogen) atoms. The molecule has 0 unspecified atom stereocenters. The summed E-state index contributed by atoms with van der Waals surface area (Å²) in [5.74, 6) is 0. The molecule has 1 nitrogen and oxygen atoms in total. The minimum Gasteiger partial charge on any atom is -0.272 e. The van der Waals surface area contributed by atoms with Crippen LogP contribution in [0.1, 0.15) is 6.92 Å². The molecular formula is C3H8NP. The van der Waals surface area contributed by atoms with E-state index in [1.807, 2.05) is 0 Å². The van der Waals surface area contributed by atoms with Crippen LogP contribution in [0.15, 0.2) is 0 Å². The Bertz CT molecular complexity index is 28.1. The van der Waals surface area contributed by atoms with Crippen LogP contribution in [0.25, 0.3) is 0 Å². The van der Waals surface area contributed by atoms with Crippen LogP contribution < -0.4 is 5.09 Å². The zero-order valence-electron chi connectivity index (χ0n) is 3.36. The molecule has 0 atom stereocenters. The highest BCUT2D eigenvalue weighted by atomic mass is 31.1. The molecule has 0 radical (unpaired) electrons. The summed E-state index contributed by atoms with van der Waals surface area (Å²) in [6.45, 7) is 3.07. The van der Waals surface area contributed by atoms with Crippen molar-refractivity contribution in [2.45, 2.75) is 6.92 Å². The lowest BCUT2D eigenvalue weighted by Gasteiger charge is -1.78. The van der Waals surface area contributed by atoms with Gasteiger partial charge in [-0.1, -0.05) is 13.2 Å². The second-order valence-electron chi connectivity index (χ2n) is 0.670. The van der Waals surface area contributed by atoms with Gasteiger partial charge in [-0.3, -0.25) is 5.09 Å². The molecule has 0 saturated heterocycles. The number of rotatable bonds is 2. The van der Waals surface area contributed by atoms with Gasteiger partial charge >= 0.3 is 0 Å². The van der Waals surface area contributed by atoms with E-state index in [2.05, 4.69) is 18.3 Å². The van der Waals surface area contributed by atoms with Gasteiger partial charge in [0.2, 0.25) is 0 Å². The maximum atomic E-state index is 3.54. The third-order valence-corrected chi connectivity index (χ3v) is 0.810. The standard InChI is InChI=1S/C3H8NP/c1-3-4-5-2/h4H,2-3H2,1H3. The zero-order chi connectivity index (χ0) is 4.12. The monoisotopic (exact) mass is 89.0 g/mol. The third-order valence-electron chi connectivity index (χ3n) is 0.270. The Morgan fingerprint density at radius 2 is 2.60 bits per heavy atom. The van der Waals surface area contributed by atoms with Crippen molar-refractivity contribution in [3.05, 3.63) is 0 Å². The first-order valence-electron chi connectivity index (χ1n) is 1.60. The Hall–Kier alpha value is 0.130. The van der Waals surface area contributed by atoms with E-state index in [0.717, 1.165) is 14.9 Å². The van der Waals surface area contributed by atoms with E-state index in [-0.39, 0.29) is 0 Å². The molecule has 0 aromatic carbocycles. The highest BCUT2D eigenvalue weighted by Gasteiger charge is 1.57. The van der Waals surface area contributed by atoms with E-state index < -0.39 is 0 Å². The SMILES string of the molecule is C=PNCC. The van der Waals surface area contributed by atoms with Crippen LogP contribution in [-0.4, -0.2) is 12.8 Å². The van der Waals surface area contributed by atoms with Gasteiger partial charge in [0.25, 0.3) is 0 Å². The topological polar surface area (TPSA) is 12.0 Å². The molecule has 0 aromatic heterocycles. The first-order chi connectivity index (χ1) is 2.41. The van der Waals surface area contributed by atoms with Crippen LogP contribution in [0.2, 0.25) is 0 Å². The average Bonchev–Trinajstić information content (AvgIpc) is 1.41. The van der Waals surface area contributed by atoms with Crippen LogP contribution in [-0.2, 0) is 0 Å². The van der Waals surface area contributed by atoms with E-state index in [1.165, 1.54) is 0 Å². The molecule has 2 heteroatoms. The van der Waals surface area contributed by atoms with E-state index in [1.54, 1.807) is 0 Å². The van der Waals surface area contributed by atoms with Crippen LogP contribution in [0.5, 0.6) is 0 Å². The Morgan fingerprint density at radius 1 is 2.00 bits per heavy atom. The predicted octanol–water partition coefficient (Wildman–Crippen LogP) is 0.889. The first-order valence-corrected chi connectivity index (χ1v) is 2.68. The zero-order valence-corrected chi connectivity index (χ0v) is 4.26. The molecule has 0 spiro atoms. The minimum atomic E-state index is 1.02. The molecule has 0 aliphatic rings. The lowest BCUT2D eigenvalue weighted by molar-refractivity contribution is 1.04. The van der Waals surface area contributed by atoms with Crippen molar-refractivity contribution < 1.29 is 0 Å². The van der Waals surface area contributed by atoms with Crippen molar-refractivity contribution in [1.82, 2.24) is 5.09 Å². The maximum absolute atomic E-state index is 3.54. The van der Waals surface area contributed by atoms with Gasteiger partial charge in [0.05, 0.1) is 0 Å². The van der Waals surface area contributed by atoms with Crippen LogP contribution >= 0.6 is 8.35 Å². The summed E-state index contributed by atoms with van der Waals surface area (Å²) in [7, 11) is 1.03. The van der Waals surface area contributed by atoms with E-state index in [9.17, 15) is 0 Å². The summed E-state index contributed by atoms with van der Waals surface area (Å²) in [4.78, 5) is 0. The second-order valence-corrected chi connectivity index (χ2v) is 1.30. The molecule has 0 fully saturated rings. The van der Waals surface area contributed by atoms with Gasteiger partial charge in [-0.05, 0) is 8.35 Å². The molecule has 0 heterocycles. The summed E-state index contributed by atoms with van der Waals surface area (Å²) in [5.41, 5.74) is 0. The Balaban J connectivity index is 2.40. The number of hydrogen-bond donors (Lipinski definition) is 1. The normalized spacial score (nSPS) is 9.00. The quantitative estimate of drug-likeness (QED) is 0.495. The Kier molecular flexibility index (Phi) is 4.24. The molecule has 1 N–H and O–H groups in total. The maximum Gasteiger partial charge on any atom is 0.000704 e. The average molecular weight is 89.1 g/mol. The molecule has 0 saturated carbocycles. The molecule has 30 valence electrons. The van der Waals surface area contributed by atoms with Crippen LogP contribution in [0.4, 0.5) is 0 Å². The number of nitrogens with one attached hydrogen (secondary N) is 1. The highest BCUT2D eigenvalue weighted by molar-refractivity contribution is 7.34.